The number of aromatic nitrogens is 4. The predicted octanol–water partition coefficient (Wildman–Crippen LogP) is 3.61. The Hall–Kier alpha value is -2.97. The summed E-state index contributed by atoms with van der Waals surface area (Å²) < 4.78 is 3.62. The third kappa shape index (κ3) is 3.14. The van der Waals surface area contributed by atoms with Gasteiger partial charge in [0.05, 0.1) is 5.69 Å². The molecule has 0 saturated heterocycles. The number of thiophene rings is 1. The van der Waals surface area contributed by atoms with Crippen molar-refractivity contribution in [2.24, 2.45) is 0 Å². The molecule has 1 aromatic carbocycles. The highest BCUT2D eigenvalue weighted by atomic mass is 32.1. The molecular formula is C21H22N6OS. The molecule has 2 N–H and O–H groups in total. The second-order valence-electron chi connectivity index (χ2n) is 7.50. The summed E-state index contributed by atoms with van der Waals surface area (Å²) in [7, 11) is 0. The van der Waals surface area contributed by atoms with Crippen LogP contribution in [0.4, 0.5) is 11.6 Å². The Bertz CT molecular complexity index is 1240. The fraction of sp³-hybridized carbons (Fsp3) is 0.286. The Labute approximate surface area is 172 Å². The molecule has 1 aliphatic rings. The quantitative estimate of drug-likeness (QED) is 0.541. The summed E-state index contributed by atoms with van der Waals surface area (Å²) in [6.07, 6.45) is 2.67. The average Bonchev–Trinajstić information content (AvgIpc) is 3.34. The van der Waals surface area contributed by atoms with Gasteiger partial charge < -0.3 is 10.6 Å². The van der Waals surface area contributed by atoms with Crippen LogP contribution in [-0.2, 0) is 13.0 Å². The van der Waals surface area contributed by atoms with Gasteiger partial charge in [-0.1, -0.05) is 6.07 Å². The van der Waals surface area contributed by atoms with Gasteiger partial charge in [0.15, 0.2) is 5.65 Å². The molecule has 0 spiro atoms. The maximum atomic E-state index is 13.0. The molecule has 148 valence electrons. The maximum Gasteiger partial charge on any atom is 0.278 e. The second kappa shape index (κ2) is 7.13. The van der Waals surface area contributed by atoms with Gasteiger partial charge >= 0.3 is 0 Å². The van der Waals surface area contributed by atoms with E-state index in [1.54, 1.807) is 22.2 Å². The van der Waals surface area contributed by atoms with Crippen molar-refractivity contribution in [1.29, 1.82) is 0 Å². The van der Waals surface area contributed by atoms with E-state index in [4.69, 9.17) is 4.98 Å². The number of hydrogen-bond acceptors (Lipinski definition) is 6. The molecule has 4 aromatic rings. The Morgan fingerprint density at radius 1 is 1.24 bits per heavy atom. The van der Waals surface area contributed by atoms with E-state index in [9.17, 15) is 4.79 Å². The van der Waals surface area contributed by atoms with E-state index in [1.165, 1.54) is 11.1 Å². The molecule has 5 rings (SSSR count). The van der Waals surface area contributed by atoms with E-state index in [1.807, 2.05) is 35.4 Å². The van der Waals surface area contributed by atoms with Crippen molar-refractivity contribution in [3.63, 3.8) is 0 Å². The van der Waals surface area contributed by atoms with E-state index >= 15 is 0 Å². The molecule has 7 nitrogen and oxygen atoms in total. The second-order valence-corrected chi connectivity index (χ2v) is 8.28. The van der Waals surface area contributed by atoms with Crippen molar-refractivity contribution in [3.05, 3.63) is 62.7 Å². The maximum absolute atomic E-state index is 13.0. The number of anilines is 2. The lowest BCUT2D eigenvalue weighted by atomic mass is 10.0. The molecule has 0 aliphatic carbocycles. The van der Waals surface area contributed by atoms with Crippen LogP contribution in [0.15, 0.2) is 46.0 Å². The van der Waals surface area contributed by atoms with Crippen LogP contribution in [0, 0.1) is 0 Å². The van der Waals surface area contributed by atoms with Crippen LogP contribution in [0.2, 0.25) is 0 Å². The number of nitrogens with one attached hydrogen (secondary N) is 2. The molecule has 0 amide bonds. The van der Waals surface area contributed by atoms with Crippen LogP contribution < -0.4 is 16.2 Å². The first kappa shape index (κ1) is 18.1. The summed E-state index contributed by atoms with van der Waals surface area (Å²) in [5.41, 5.74) is 5.08. The van der Waals surface area contributed by atoms with E-state index in [-0.39, 0.29) is 11.6 Å². The summed E-state index contributed by atoms with van der Waals surface area (Å²) in [6.45, 7) is 5.89. The molecule has 0 fully saturated rings. The first-order chi connectivity index (χ1) is 14.1. The van der Waals surface area contributed by atoms with Crippen molar-refractivity contribution >= 4 is 34.0 Å². The summed E-state index contributed by atoms with van der Waals surface area (Å²) >= 11 is 1.59. The largest absolute Gasteiger partial charge is 0.324 e. The van der Waals surface area contributed by atoms with Crippen molar-refractivity contribution in [1.82, 2.24) is 24.6 Å². The Balaban J connectivity index is 1.60. The summed E-state index contributed by atoms with van der Waals surface area (Å²) in [5.74, 6) is 0.478. The number of fused-ring (bicyclic) bond motifs is 2. The zero-order valence-corrected chi connectivity index (χ0v) is 17.2. The zero-order chi connectivity index (χ0) is 20.0. The fourth-order valence-electron chi connectivity index (χ4n) is 3.84. The highest BCUT2D eigenvalue weighted by Crippen LogP contribution is 2.24. The Kier molecular flexibility index (Phi) is 4.44. The lowest BCUT2D eigenvalue weighted by Crippen LogP contribution is -2.23. The minimum absolute atomic E-state index is 0.00107. The van der Waals surface area contributed by atoms with E-state index in [0.717, 1.165) is 30.9 Å². The number of rotatable bonds is 4. The normalized spacial score (nSPS) is 13.8. The smallest absolute Gasteiger partial charge is 0.278 e. The van der Waals surface area contributed by atoms with Gasteiger partial charge in [0.2, 0.25) is 5.95 Å². The molecular weight excluding hydrogens is 384 g/mol. The van der Waals surface area contributed by atoms with Gasteiger partial charge in [-0.2, -0.15) is 16.3 Å². The van der Waals surface area contributed by atoms with E-state index in [0.29, 0.717) is 17.0 Å². The minimum Gasteiger partial charge on any atom is -0.324 e. The van der Waals surface area contributed by atoms with E-state index < -0.39 is 0 Å². The molecule has 4 heterocycles. The SMILES string of the molecule is CC(C)n1c(=O)c2cnc(Nc3ccc4c(c3)CNCC4)nc2n1-c1ccsc1. The monoisotopic (exact) mass is 406 g/mol. The van der Waals surface area contributed by atoms with Crippen molar-refractivity contribution in [2.75, 3.05) is 11.9 Å². The van der Waals surface area contributed by atoms with Crippen LogP contribution in [0.3, 0.4) is 0 Å². The average molecular weight is 407 g/mol. The number of benzene rings is 1. The van der Waals surface area contributed by atoms with Crippen LogP contribution in [0.1, 0.15) is 31.0 Å². The first-order valence-electron chi connectivity index (χ1n) is 9.74. The fourth-order valence-corrected chi connectivity index (χ4v) is 4.45. The molecule has 0 atom stereocenters. The Morgan fingerprint density at radius 2 is 2.14 bits per heavy atom. The zero-order valence-electron chi connectivity index (χ0n) is 16.3. The number of hydrogen-bond donors (Lipinski definition) is 2. The molecule has 0 saturated carbocycles. The molecule has 0 unspecified atom stereocenters. The van der Waals surface area contributed by atoms with Crippen molar-refractivity contribution in [3.8, 4) is 5.69 Å². The summed E-state index contributed by atoms with van der Waals surface area (Å²) in [4.78, 5) is 22.1. The third-order valence-electron chi connectivity index (χ3n) is 5.21. The lowest BCUT2D eigenvalue weighted by molar-refractivity contribution is 0.476. The van der Waals surface area contributed by atoms with Crippen LogP contribution in [-0.4, -0.2) is 25.9 Å². The van der Waals surface area contributed by atoms with Crippen molar-refractivity contribution < 1.29 is 0 Å². The third-order valence-corrected chi connectivity index (χ3v) is 5.88. The number of nitrogens with zero attached hydrogens (tertiary/aromatic N) is 4. The van der Waals surface area contributed by atoms with Gasteiger partial charge in [0.1, 0.15) is 5.39 Å². The summed E-state index contributed by atoms with van der Waals surface area (Å²) in [6, 6.07) is 8.35. The highest BCUT2D eigenvalue weighted by Gasteiger charge is 2.19. The Morgan fingerprint density at radius 3 is 2.93 bits per heavy atom. The predicted molar refractivity (Wildman–Crippen MR) is 117 cm³/mol. The topological polar surface area (TPSA) is 76.8 Å². The molecule has 29 heavy (non-hydrogen) atoms. The molecule has 0 bridgehead atoms. The minimum atomic E-state index is -0.0763. The van der Waals surface area contributed by atoms with E-state index in [2.05, 4.69) is 33.8 Å². The summed E-state index contributed by atoms with van der Waals surface area (Å²) in [5, 5.41) is 11.2. The van der Waals surface area contributed by atoms with Gasteiger partial charge in [-0.15, -0.1) is 0 Å². The van der Waals surface area contributed by atoms with Crippen LogP contribution in [0.25, 0.3) is 16.7 Å². The molecule has 1 aliphatic heterocycles. The standard InChI is InChI=1S/C21H22N6OS/c1-13(2)26-20(28)18-11-23-21(25-19(18)27(26)17-6-8-29-12-17)24-16-4-3-14-5-7-22-10-15(14)9-16/h3-4,6,8-9,11-13,22H,5,7,10H2,1-2H3,(H,23,24,25). The van der Waals surface area contributed by atoms with Gasteiger partial charge in [0, 0.05) is 29.9 Å². The van der Waals surface area contributed by atoms with Gasteiger partial charge in [-0.25, -0.2) is 14.3 Å². The molecule has 8 heteroatoms. The molecule has 0 radical (unpaired) electrons. The molecule has 3 aromatic heterocycles. The van der Waals surface area contributed by atoms with Gasteiger partial charge in [-0.3, -0.25) is 4.79 Å². The van der Waals surface area contributed by atoms with Gasteiger partial charge in [-0.05, 0) is 61.5 Å². The van der Waals surface area contributed by atoms with Crippen LogP contribution in [0.5, 0.6) is 0 Å². The first-order valence-corrected chi connectivity index (χ1v) is 10.7. The highest BCUT2D eigenvalue weighted by molar-refractivity contribution is 7.08. The van der Waals surface area contributed by atoms with Crippen molar-refractivity contribution in [2.45, 2.75) is 32.9 Å². The van der Waals surface area contributed by atoms with Gasteiger partial charge in [0.25, 0.3) is 5.56 Å². The lowest BCUT2D eigenvalue weighted by Gasteiger charge is -2.18. The van der Waals surface area contributed by atoms with Crippen LogP contribution >= 0.6 is 11.3 Å².